The van der Waals surface area contributed by atoms with Gasteiger partial charge in [-0.3, -0.25) is 4.90 Å². The van der Waals surface area contributed by atoms with Gasteiger partial charge >= 0.3 is 0 Å². The molecule has 0 radical (unpaired) electrons. The maximum Gasteiger partial charge on any atom is 0.138 e. The normalized spacial score (nSPS) is 11.7. The number of hydrogen-bond donors (Lipinski definition) is 0. The van der Waals surface area contributed by atoms with Crippen LogP contribution in [0.25, 0.3) is 62.2 Å². The van der Waals surface area contributed by atoms with Crippen molar-refractivity contribution in [1.29, 1.82) is 0 Å². The third kappa shape index (κ3) is 4.03. The first kappa shape index (κ1) is 24.6. The van der Waals surface area contributed by atoms with E-state index in [1.54, 1.807) is 0 Å². The van der Waals surface area contributed by atoms with Crippen molar-refractivity contribution < 1.29 is 0 Å². The van der Waals surface area contributed by atoms with Crippen LogP contribution in [0.3, 0.4) is 0 Å². The molecule has 0 saturated carbocycles. The van der Waals surface area contributed by atoms with E-state index in [0.29, 0.717) is 0 Å². The maximum atomic E-state index is 5.13. The number of thiophene rings is 2. The minimum absolute atomic E-state index is 0.912. The molecule has 0 unspecified atom stereocenters. The lowest BCUT2D eigenvalue weighted by Gasteiger charge is -2.25. The van der Waals surface area contributed by atoms with Gasteiger partial charge in [-0.15, -0.1) is 22.7 Å². The average molecular weight is 585 g/mol. The molecule has 3 aromatic heterocycles. The van der Waals surface area contributed by atoms with Crippen molar-refractivity contribution in [2.24, 2.45) is 0 Å². The first-order valence-electron chi connectivity index (χ1n) is 14.4. The molecule has 0 spiro atoms. The summed E-state index contributed by atoms with van der Waals surface area (Å²) in [6, 6.07) is 50.2. The predicted molar refractivity (Wildman–Crippen MR) is 188 cm³/mol. The number of benzene rings is 6. The summed E-state index contributed by atoms with van der Waals surface area (Å²) in [5, 5.41) is 7.61. The van der Waals surface area contributed by atoms with Crippen molar-refractivity contribution in [1.82, 2.24) is 4.98 Å². The quantitative estimate of drug-likeness (QED) is 0.205. The Morgan fingerprint density at radius 3 is 2.00 bits per heavy atom. The Morgan fingerprint density at radius 2 is 1.12 bits per heavy atom. The van der Waals surface area contributed by atoms with Crippen LogP contribution in [0, 0.1) is 0 Å². The van der Waals surface area contributed by atoms with E-state index in [9.17, 15) is 0 Å². The lowest BCUT2D eigenvalue weighted by molar-refractivity contribution is 1.20. The topological polar surface area (TPSA) is 16.1 Å². The Hall–Kier alpha value is -5.03. The van der Waals surface area contributed by atoms with Gasteiger partial charge in [-0.25, -0.2) is 4.98 Å². The summed E-state index contributed by atoms with van der Waals surface area (Å²) in [6.07, 6.45) is 2.07. The highest BCUT2D eigenvalue weighted by molar-refractivity contribution is 7.26. The molecule has 0 aliphatic carbocycles. The fourth-order valence-electron chi connectivity index (χ4n) is 6.25. The molecule has 6 aromatic carbocycles. The van der Waals surface area contributed by atoms with E-state index in [2.05, 4.69) is 151 Å². The highest BCUT2D eigenvalue weighted by atomic mass is 32.1. The van der Waals surface area contributed by atoms with E-state index >= 15 is 0 Å². The molecule has 9 aromatic rings. The van der Waals surface area contributed by atoms with Crippen LogP contribution in [0.5, 0.6) is 0 Å². The molecule has 0 amide bonds. The summed E-state index contributed by atoms with van der Waals surface area (Å²) in [5.41, 5.74) is 4.59. The number of rotatable bonds is 4. The third-order valence-electron chi connectivity index (χ3n) is 8.31. The van der Waals surface area contributed by atoms with Crippen LogP contribution in [0.1, 0.15) is 0 Å². The largest absolute Gasteiger partial charge is 0.295 e. The average Bonchev–Trinajstić information content (AvgIpc) is 3.64. The van der Waals surface area contributed by atoms with Gasteiger partial charge in [0.1, 0.15) is 5.82 Å². The van der Waals surface area contributed by atoms with Gasteiger partial charge < -0.3 is 0 Å². The van der Waals surface area contributed by atoms with E-state index in [0.717, 1.165) is 17.2 Å². The molecule has 2 nitrogen and oxygen atoms in total. The van der Waals surface area contributed by atoms with E-state index in [4.69, 9.17) is 4.98 Å². The minimum atomic E-state index is 0.912. The molecule has 3 heterocycles. The number of hydrogen-bond acceptors (Lipinski definition) is 4. The van der Waals surface area contributed by atoms with Gasteiger partial charge in [0, 0.05) is 57.9 Å². The van der Waals surface area contributed by atoms with E-state index in [1.807, 2.05) is 22.7 Å². The second-order valence-electron chi connectivity index (χ2n) is 10.8. The lowest BCUT2D eigenvalue weighted by Crippen LogP contribution is -2.11. The van der Waals surface area contributed by atoms with Gasteiger partial charge in [0.15, 0.2) is 0 Å². The molecule has 0 saturated heterocycles. The van der Waals surface area contributed by atoms with E-state index in [-0.39, 0.29) is 0 Å². The molecule has 0 N–H and O–H groups in total. The third-order valence-corrected chi connectivity index (χ3v) is 10.6. The number of nitrogens with zero attached hydrogens (tertiary/aromatic N) is 2. The van der Waals surface area contributed by atoms with Crippen LogP contribution in [0.15, 0.2) is 146 Å². The summed E-state index contributed by atoms with van der Waals surface area (Å²) < 4.78 is 5.14. The Balaban J connectivity index is 1.24. The SMILES string of the molecule is c1ccc(-c2ccc(N(c3ccc4sc5ccccc5c4c3)c3cc4sc5ccc6ccccc6c5c4cn3)cc2)cc1. The van der Waals surface area contributed by atoms with Crippen LogP contribution in [-0.4, -0.2) is 4.98 Å². The Labute approximate surface area is 256 Å². The minimum Gasteiger partial charge on any atom is -0.295 e. The lowest BCUT2D eigenvalue weighted by atomic mass is 10.0. The number of anilines is 3. The summed E-state index contributed by atoms with van der Waals surface area (Å²) >= 11 is 3.68. The fourth-order valence-corrected chi connectivity index (χ4v) is 8.46. The van der Waals surface area contributed by atoms with Gasteiger partial charge in [0.25, 0.3) is 0 Å². The summed E-state index contributed by atoms with van der Waals surface area (Å²) in [7, 11) is 0. The Morgan fingerprint density at radius 1 is 0.442 bits per heavy atom. The molecule has 0 aliphatic rings. The summed E-state index contributed by atoms with van der Waals surface area (Å²) in [4.78, 5) is 7.43. The molecule has 9 rings (SSSR count). The van der Waals surface area contributed by atoms with Gasteiger partial charge in [0.2, 0.25) is 0 Å². The van der Waals surface area contributed by atoms with Crippen molar-refractivity contribution in [3.05, 3.63) is 146 Å². The molecule has 0 fully saturated rings. The molecule has 0 bridgehead atoms. The van der Waals surface area contributed by atoms with Crippen LogP contribution in [0.2, 0.25) is 0 Å². The smallest absolute Gasteiger partial charge is 0.138 e. The zero-order valence-corrected chi connectivity index (χ0v) is 24.7. The number of aromatic nitrogens is 1. The van der Waals surface area contributed by atoms with Gasteiger partial charge in [0.05, 0.1) is 0 Å². The molecule has 0 atom stereocenters. The van der Waals surface area contributed by atoms with Crippen LogP contribution < -0.4 is 4.90 Å². The zero-order valence-electron chi connectivity index (χ0n) is 23.1. The maximum absolute atomic E-state index is 5.13. The molecular formula is C39H24N2S2. The zero-order chi connectivity index (χ0) is 28.3. The monoisotopic (exact) mass is 584 g/mol. The first-order chi connectivity index (χ1) is 21.3. The molecular weight excluding hydrogens is 561 g/mol. The van der Waals surface area contributed by atoms with Crippen molar-refractivity contribution in [3.8, 4) is 11.1 Å². The van der Waals surface area contributed by atoms with Crippen molar-refractivity contribution in [2.45, 2.75) is 0 Å². The molecule has 0 aliphatic heterocycles. The van der Waals surface area contributed by atoms with E-state index in [1.165, 1.54) is 62.2 Å². The van der Waals surface area contributed by atoms with Gasteiger partial charge in [-0.05, 0) is 70.4 Å². The second kappa shape index (κ2) is 9.77. The fraction of sp³-hybridized carbons (Fsp3) is 0. The summed E-state index contributed by atoms with van der Waals surface area (Å²) in [5.74, 6) is 0.912. The van der Waals surface area contributed by atoms with Crippen LogP contribution in [0.4, 0.5) is 17.2 Å². The van der Waals surface area contributed by atoms with Crippen molar-refractivity contribution in [3.63, 3.8) is 0 Å². The number of fused-ring (bicyclic) bond motifs is 8. The van der Waals surface area contributed by atoms with Crippen LogP contribution >= 0.6 is 22.7 Å². The van der Waals surface area contributed by atoms with Crippen molar-refractivity contribution >= 4 is 91.0 Å². The van der Waals surface area contributed by atoms with Gasteiger partial charge in [-0.1, -0.05) is 91.0 Å². The Bertz CT molecular complexity index is 2450. The highest BCUT2D eigenvalue weighted by Crippen LogP contribution is 2.43. The first-order valence-corrected chi connectivity index (χ1v) is 16.0. The molecule has 43 heavy (non-hydrogen) atoms. The molecule has 4 heteroatoms. The predicted octanol–water partition coefficient (Wildman–Crippen LogP) is 12.1. The Kier molecular flexibility index (Phi) is 5.58. The summed E-state index contributed by atoms with van der Waals surface area (Å²) in [6.45, 7) is 0. The van der Waals surface area contributed by atoms with E-state index < -0.39 is 0 Å². The van der Waals surface area contributed by atoms with Gasteiger partial charge in [-0.2, -0.15) is 0 Å². The van der Waals surface area contributed by atoms with Crippen LogP contribution in [-0.2, 0) is 0 Å². The number of pyridine rings is 1. The molecule has 202 valence electrons. The highest BCUT2D eigenvalue weighted by Gasteiger charge is 2.18. The van der Waals surface area contributed by atoms with Crippen molar-refractivity contribution in [2.75, 3.05) is 4.90 Å². The second-order valence-corrected chi connectivity index (χ2v) is 13.0. The standard InChI is InChI=1S/C39H24N2S2/c1-2-8-25(9-3-1)26-14-17-28(18-15-26)41(29-19-21-35-32(22-29)31-12-6-7-13-34(31)42-35)38-23-37-33(24-40-38)39-30-11-5-4-10-27(30)16-20-36(39)43-37/h1-24H.